The van der Waals surface area contributed by atoms with Gasteiger partial charge in [-0.3, -0.25) is 4.72 Å². The third kappa shape index (κ3) is 3.78. The predicted molar refractivity (Wildman–Crippen MR) is 81.5 cm³/mol. The molecule has 0 unspecified atom stereocenters. The average molecular weight is 339 g/mol. The summed E-state index contributed by atoms with van der Waals surface area (Å²) in [6, 6.07) is 8.96. The van der Waals surface area contributed by atoms with Gasteiger partial charge in [-0.1, -0.05) is 0 Å². The molecule has 6 nitrogen and oxygen atoms in total. The Hall–Kier alpha value is -2.61. The van der Waals surface area contributed by atoms with Crippen molar-refractivity contribution in [1.29, 1.82) is 0 Å². The fraction of sp³-hybridized carbons (Fsp3) is 0.133. The maximum atomic E-state index is 13.6. The largest absolute Gasteiger partial charge is 0.494 e. The highest BCUT2D eigenvalue weighted by molar-refractivity contribution is 7.92. The molecule has 0 aliphatic carbocycles. The molecule has 0 saturated heterocycles. The van der Waals surface area contributed by atoms with Crippen molar-refractivity contribution in [1.82, 2.24) is 0 Å². The summed E-state index contributed by atoms with van der Waals surface area (Å²) in [6.45, 7) is 0. The number of anilines is 1. The molecule has 0 amide bonds. The van der Waals surface area contributed by atoms with Gasteiger partial charge in [0.05, 0.1) is 24.7 Å². The summed E-state index contributed by atoms with van der Waals surface area (Å²) < 4.78 is 49.7. The van der Waals surface area contributed by atoms with E-state index in [2.05, 4.69) is 9.46 Å². The van der Waals surface area contributed by atoms with Crippen LogP contribution < -0.4 is 9.46 Å². The van der Waals surface area contributed by atoms with Gasteiger partial charge < -0.3 is 9.47 Å². The summed E-state index contributed by atoms with van der Waals surface area (Å²) in [5.74, 6) is -1.36. The van der Waals surface area contributed by atoms with Gasteiger partial charge in [-0.15, -0.1) is 0 Å². The molecule has 1 N–H and O–H groups in total. The van der Waals surface area contributed by atoms with E-state index in [1.54, 1.807) is 0 Å². The predicted octanol–water partition coefficient (Wildman–Crippen LogP) is 2.42. The number of sulfonamides is 1. The molecule has 0 aliphatic rings. The van der Waals surface area contributed by atoms with Crippen LogP contribution in [0.4, 0.5) is 10.1 Å². The molecule has 0 saturated carbocycles. The lowest BCUT2D eigenvalue weighted by atomic mass is 10.2. The van der Waals surface area contributed by atoms with Gasteiger partial charge >= 0.3 is 5.97 Å². The number of nitrogens with one attached hydrogen (secondary N) is 1. The van der Waals surface area contributed by atoms with Crippen molar-refractivity contribution in [3.05, 3.63) is 53.8 Å². The SMILES string of the molecule is COC(=O)c1ccc(NS(=O)(=O)c2ccc(OC)c(F)c2)cc1. The Morgan fingerprint density at radius 2 is 1.74 bits per heavy atom. The fourth-order valence-electron chi connectivity index (χ4n) is 1.82. The Morgan fingerprint density at radius 1 is 1.09 bits per heavy atom. The molecule has 122 valence electrons. The topological polar surface area (TPSA) is 81.7 Å². The standard InChI is InChI=1S/C15H14FNO5S/c1-21-14-8-7-12(9-13(14)16)23(19,20)17-11-5-3-10(4-6-11)15(18)22-2/h3-9,17H,1-2H3. The molecule has 0 fully saturated rings. The minimum atomic E-state index is -3.96. The molecule has 0 radical (unpaired) electrons. The summed E-state index contributed by atoms with van der Waals surface area (Å²) in [7, 11) is -1.43. The van der Waals surface area contributed by atoms with Crippen LogP contribution in [0.2, 0.25) is 0 Å². The summed E-state index contributed by atoms with van der Waals surface area (Å²) in [6.07, 6.45) is 0. The Kier molecular flexibility index (Phi) is 4.85. The molecule has 0 aliphatic heterocycles. The van der Waals surface area contributed by atoms with Crippen LogP contribution in [0.1, 0.15) is 10.4 Å². The number of esters is 1. The first-order chi connectivity index (χ1) is 10.9. The molecule has 0 aromatic heterocycles. The minimum Gasteiger partial charge on any atom is -0.494 e. The van der Waals surface area contributed by atoms with Gasteiger partial charge in [-0.25, -0.2) is 17.6 Å². The summed E-state index contributed by atoms with van der Waals surface area (Å²) in [4.78, 5) is 11.1. The first-order valence-electron chi connectivity index (χ1n) is 6.42. The molecule has 8 heteroatoms. The maximum absolute atomic E-state index is 13.6. The van der Waals surface area contributed by atoms with Crippen molar-refractivity contribution < 1.29 is 27.1 Å². The second kappa shape index (κ2) is 6.66. The van der Waals surface area contributed by atoms with E-state index in [1.807, 2.05) is 0 Å². The van der Waals surface area contributed by atoms with Crippen molar-refractivity contribution >= 4 is 21.7 Å². The highest BCUT2D eigenvalue weighted by Crippen LogP contribution is 2.22. The Labute approximate surface area is 132 Å². The number of halogens is 1. The molecule has 0 bridgehead atoms. The number of rotatable bonds is 5. The Balaban J connectivity index is 2.24. The molecule has 0 spiro atoms. The zero-order valence-electron chi connectivity index (χ0n) is 12.4. The van der Waals surface area contributed by atoms with Gasteiger partial charge in [0.25, 0.3) is 10.0 Å². The molecule has 0 atom stereocenters. The van der Waals surface area contributed by atoms with Crippen LogP contribution in [0.3, 0.4) is 0 Å². The molecular weight excluding hydrogens is 325 g/mol. The number of benzene rings is 2. The van der Waals surface area contributed by atoms with E-state index in [9.17, 15) is 17.6 Å². The van der Waals surface area contributed by atoms with E-state index in [1.165, 1.54) is 50.6 Å². The molecule has 23 heavy (non-hydrogen) atoms. The van der Waals surface area contributed by atoms with E-state index in [-0.39, 0.29) is 21.9 Å². The second-order valence-electron chi connectivity index (χ2n) is 4.47. The molecule has 0 heterocycles. The van der Waals surface area contributed by atoms with Crippen molar-refractivity contribution in [3.63, 3.8) is 0 Å². The number of carbonyl (C=O) groups is 1. The molecular formula is C15H14FNO5S. The van der Waals surface area contributed by atoms with Crippen LogP contribution in [0.25, 0.3) is 0 Å². The van der Waals surface area contributed by atoms with Gasteiger partial charge in [-0.05, 0) is 42.5 Å². The van der Waals surface area contributed by atoms with Gasteiger partial charge in [0.15, 0.2) is 11.6 Å². The lowest BCUT2D eigenvalue weighted by Crippen LogP contribution is -2.13. The third-order valence-corrected chi connectivity index (χ3v) is 4.37. The minimum absolute atomic E-state index is 0.0496. The molecule has 2 aromatic carbocycles. The molecule has 2 aromatic rings. The van der Waals surface area contributed by atoms with Crippen LogP contribution in [-0.4, -0.2) is 28.6 Å². The van der Waals surface area contributed by atoms with E-state index in [0.717, 1.165) is 6.07 Å². The Bertz CT molecular complexity index is 818. The van der Waals surface area contributed by atoms with E-state index < -0.39 is 21.8 Å². The van der Waals surface area contributed by atoms with Gasteiger partial charge in [-0.2, -0.15) is 0 Å². The van der Waals surface area contributed by atoms with Crippen LogP contribution in [-0.2, 0) is 14.8 Å². The van der Waals surface area contributed by atoms with Crippen LogP contribution in [0, 0.1) is 5.82 Å². The van der Waals surface area contributed by atoms with E-state index >= 15 is 0 Å². The second-order valence-corrected chi connectivity index (χ2v) is 6.15. The highest BCUT2D eigenvalue weighted by atomic mass is 32.2. The smallest absolute Gasteiger partial charge is 0.337 e. The van der Waals surface area contributed by atoms with E-state index in [4.69, 9.17) is 4.74 Å². The normalized spacial score (nSPS) is 10.9. The van der Waals surface area contributed by atoms with Gasteiger partial charge in [0, 0.05) is 5.69 Å². The quantitative estimate of drug-likeness (QED) is 0.846. The van der Waals surface area contributed by atoms with E-state index in [0.29, 0.717) is 0 Å². The van der Waals surface area contributed by atoms with Crippen molar-refractivity contribution in [2.75, 3.05) is 18.9 Å². The van der Waals surface area contributed by atoms with Gasteiger partial charge in [0.1, 0.15) is 0 Å². The van der Waals surface area contributed by atoms with Crippen molar-refractivity contribution in [3.8, 4) is 5.75 Å². The van der Waals surface area contributed by atoms with Crippen molar-refractivity contribution in [2.45, 2.75) is 4.90 Å². The van der Waals surface area contributed by atoms with Gasteiger partial charge in [0.2, 0.25) is 0 Å². The number of carbonyl (C=O) groups excluding carboxylic acids is 1. The Morgan fingerprint density at radius 3 is 2.26 bits per heavy atom. The zero-order chi connectivity index (χ0) is 17.0. The fourth-order valence-corrected chi connectivity index (χ4v) is 2.89. The first kappa shape index (κ1) is 16.8. The zero-order valence-corrected chi connectivity index (χ0v) is 13.2. The number of ether oxygens (including phenoxy) is 2. The lowest BCUT2D eigenvalue weighted by molar-refractivity contribution is 0.0601. The third-order valence-electron chi connectivity index (χ3n) is 2.99. The molecule has 2 rings (SSSR count). The summed E-state index contributed by atoms with van der Waals surface area (Å²) >= 11 is 0. The summed E-state index contributed by atoms with van der Waals surface area (Å²) in [5, 5.41) is 0. The van der Waals surface area contributed by atoms with Crippen LogP contribution in [0.15, 0.2) is 47.4 Å². The number of hydrogen-bond acceptors (Lipinski definition) is 5. The maximum Gasteiger partial charge on any atom is 0.337 e. The van der Waals surface area contributed by atoms with Crippen molar-refractivity contribution in [2.24, 2.45) is 0 Å². The van der Waals surface area contributed by atoms with Crippen LogP contribution >= 0.6 is 0 Å². The van der Waals surface area contributed by atoms with Crippen LogP contribution in [0.5, 0.6) is 5.75 Å². The monoisotopic (exact) mass is 339 g/mol. The highest BCUT2D eigenvalue weighted by Gasteiger charge is 2.17. The number of hydrogen-bond donors (Lipinski definition) is 1. The lowest BCUT2D eigenvalue weighted by Gasteiger charge is -2.10. The summed E-state index contributed by atoms with van der Waals surface area (Å²) in [5.41, 5.74) is 0.514. The first-order valence-corrected chi connectivity index (χ1v) is 7.90. The number of methoxy groups -OCH3 is 2. The average Bonchev–Trinajstić information content (AvgIpc) is 2.54.